The van der Waals surface area contributed by atoms with E-state index in [2.05, 4.69) is 11.2 Å². The van der Waals surface area contributed by atoms with Gasteiger partial charge in [0.05, 0.1) is 6.54 Å². The van der Waals surface area contributed by atoms with Crippen LogP contribution in [0.25, 0.3) is 0 Å². The van der Waals surface area contributed by atoms with Gasteiger partial charge in [0, 0.05) is 11.1 Å². The van der Waals surface area contributed by atoms with Crippen molar-refractivity contribution in [2.24, 2.45) is 0 Å². The fourth-order valence-corrected chi connectivity index (χ4v) is 1.74. The van der Waals surface area contributed by atoms with E-state index in [0.717, 1.165) is 18.4 Å². The Labute approximate surface area is 83.3 Å². The molecule has 0 saturated heterocycles. The third kappa shape index (κ3) is 1.51. The second kappa shape index (κ2) is 3.43. The fraction of sp³-hybridized carbons (Fsp3) is 0.333. The lowest BCUT2D eigenvalue weighted by Gasteiger charge is -2.16. The molecule has 14 heavy (non-hydrogen) atoms. The molecule has 2 rings (SSSR count). The predicted molar refractivity (Wildman–Crippen MR) is 54.1 cm³/mol. The summed E-state index contributed by atoms with van der Waals surface area (Å²) in [5.41, 5.74) is 0.563. The average Bonchev–Trinajstić information content (AvgIpc) is 2.97. The van der Waals surface area contributed by atoms with Crippen molar-refractivity contribution in [3.05, 3.63) is 35.6 Å². The van der Waals surface area contributed by atoms with Gasteiger partial charge in [-0.25, -0.2) is 4.39 Å². The van der Waals surface area contributed by atoms with Crippen LogP contribution < -0.4 is 5.32 Å². The summed E-state index contributed by atoms with van der Waals surface area (Å²) in [6, 6.07) is 6.88. The normalized spacial score (nSPS) is 17.4. The molecule has 72 valence electrons. The van der Waals surface area contributed by atoms with Crippen molar-refractivity contribution in [1.29, 1.82) is 0 Å². The van der Waals surface area contributed by atoms with Crippen molar-refractivity contribution >= 4 is 0 Å². The van der Waals surface area contributed by atoms with Gasteiger partial charge < -0.3 is 0 Å². The van der Waals surface area contributed by atoms with E-state index in [9.17, 15) is 4.39 Å². The lowest BCUT2D eigenvalue weighted by Crippen LogP contribution is -2.30. The molecule has 1 aromatic carbocycles. The molecule has 0 amide bonds. The third-order valence-corrected chi connectivity index (χ3v) is 2.67. The molecule has 0 heterocycles. The van der Waals surface area contributed by atoms with Gasteiger partial charge in [-0.3, -0.25) is 5.32 Å². The smallest absolute Gasteiger partial charge is 0.128 e. The van der Waals surface area contributed by atoms with Crippen molar-refractivity contribution in [2.45, 2.75) is 18.4 Å². The van der Waals surface area contributed by atoms with Gasteiger partial charge in [-0.2, -0.15) is 0 Å². The lowest BCUT2D eigenvalue weighted by atomic mass is 10.0. The van der Waals surface area contributed by atoms with Crippen LogP contribution in [0.1, 0.15) is 18.4 Å². The molecule has 1 nitrogen and oxygen atoms in total. The highest BCUT2D eigenvalue weighted by molar-refractivity contribution is 5.31. The summed E-state index contributed by atoms with van der Waals surface area (Å²) in [6.07, 6.45) is 7.11. The number of halogens is 1. The van der Waals surface area contributed by atoms with Crippen LogP contribution in [0.15, 0.2) is 24.3 Å². The minimum Gasteiger partial charge on any atom is -0.296 e. The number of nitrogens with one attached hydrogen (secondary N) is 1. The van der Waals surface area contributed by atoms with Gasteiger partial charge in [-0.15, -0.1) is 6.42 Å². The summed E-state index contributed by atoms with van der Waals surface area (Å²) in [7, 11) is 0. The van der Waals surface area contributed by atoms with E-state index in [4.69, 9.17) is 6.42 Å². The molecule has 1 aliphatic carbocycles. The number of rotatable bonds is 3. The van der Waals surface area contributed by atoms with Gasteiger partial charge in [0.25, 0.3) is 0 Å². The van der Waals surface area contributed by atoms with Crippen LogP contribution in [0.4, 0.5) is 4.39 Å². The first-order valence-electron chi connectivity index (χ1n) is 4.72. The molecule has 0 atom stereocenters. The molecule has 1 aliphatic rings. The molecule has 0 aliphatic heterocycles. The maximum Gasteiger partial charge on any atom is 0.128 e. The summed E-state index contributed by atoms with van der Waals surface area (Å²) in [5, 5.41) is 3.20. The monoisotopic (exact) mass is 189 g/mol. The number of hydrogen-bond acceptors (Lipinski definition) is 1. The number of benzene rings is 1. The third-order valence-electron chi connectivity index (χ3n) is 2.67. The highest BCUT2D eigenvalue weighted by atomic mass is 19.1. The van der Waals surface area contributed by atoms with E-state index >= 15 is 0 Å². The van der Waals surface area contributed by atoms with Crippen LogP contribution in [-0.4, -0.2) is 6.54 Å². The minimum atomic E-state index is -0.183. The summed E-state index contributed by atoms with van der Waals surface area (Å²) in [5.74, 6) is 2.38. The topological polar surface area (TPSA) is 12.0 Å². The molecule has 1 N–H and O–H groups in total. The van der Waals surface area contributed by atoms with Crippen LogP contribution in [0.5, 0.6) is 0 Å². The first kappa shape index (κ1) is 9.23. The Hall–Kier alpha value is -1.33. The molecule has 1 saturated carbocycles. The van der Waals surface area contributed by atoms with Crippen molar-refractivity contribution in [3.8, 4) is 12.3 Å². The molecule has 0 radical (unpaired) electrons. The molecule has 0 spiro atoms. The lowest BCUT2D eigenvalue weighted by molar-refractivity contribution is 0.512. The molecular formula is C12H12FN. The second-order valence-corrected chi connectivity index (χ2v) is 3.62. The van der Waals surface area contributed by atoms with Crippen LogP contribution in [0.2, 0.25) is 0 Å². The summed E-state index contributed by atoms with van der Waals surface area (Å²) in [4.78, 5) is 0. The fourth-order valence-electron chi connectivity index (χ4n) is 1.74. The standard InChI is InChI=1S/C12H12FN/c1-2-9-14-12(7-8-12)10-5-3-4-6-11(10)13/h1,3-6,14H,7-9H2. The molecule has 1 fully saturated rings. The molecule has 2 heteroatoms. The number of terminal acetylenes is 1. The summed E-state index contributed by atoms with van der Waals surface area (Å²) >= 11 is 0. The van der Waals surface area contributed by atoms with E-state index in [0.29, 0.717) is 6.54 Å². The molecule has 0 bridgehead atoms. The van der Waals surface area contributed by atoms with E-state index < -0.39 is 0 Å². The molecule has 0 unspecified atom stereocenters. The Kier molecular flexibility index (Phi) is 2.26. The van der Waals surface area contributed by atoms with Gasteiger partial charge in [-0.05, 0) is 18.9 Å². The van der Waals surface area contributed by atoms with Crippen LogP contribution in [-0.2, 0) is 5.54 Å². The zero-order valence-electron chi connectivity index (χ0n) is 7.89. The molecule has 1 aromatic rings. The Morgan fingerprint density at radius 1 is 1.43 bits per heavy atom. The van der Waals surface area contributed by atoms with Crippen LogP contribution >= 0.6 is 0 Å². The van der Waals surface area contributed by atoms with Gasteiger partial charge in [0.1, 0.15) is 5.82 Å². The van der Waals surface area contributed by atoms with Crippen LogP contribution in [0.3, 0.4) is 0 Å². The Balaban J connectivity index is 2.23. The highest BCUT2D eigenvalue weighted by Crippen LogP contribution is 2.46. The SMILES string of the molecule is C#CCNC1(c2ccccc2F)CC1. The van der Waals surface area contributed by atoms with Gasteiger partial charge in [0.2, 0.25) is 0 Å². The summed E-state index contributed by atoms with van der Waals surface area (Å²) < 4.78 is 13.5. The van der Waals surface area contributed by atoms with Crippen molar-refractivity contribution in [3.63, 3.8) is 0 Å². The van der Waals surface area contributed by atoms with Crippen molar-refractivity contribution in [1.82, 2.24) is 5.32 Å². The maximum absolute atomic E-state index is 13.5. The van der Waals surface area contributed by atoms with E-state index in [-0.39, 0.29) is 11.4 Å². The van der Waals surface area contributed by atoms with E-state index in [1.807, 2.05) is 12.1 Å². The largest absolute Gasteiger partial charge is 0.296 e. The quantitative estimate of drug-likeness (QED) is 0.717. The summed E-state index contributed by atoms with van der Waals surface area (Å²) in [6.45, 7) is 0.494. The first-order chi connectivity index (χ1) is 6.78. The zero-order chi connectivity index (χ0) is 10.0. The van der Waals surface area contributed by atoms with Crippen molar-refractivity contribution < 1.29 is 4.39 Å². The van der Waals surface area contributed by atoms with Gasteiger partial charge >= 0.3 is 0 Å². The predicted octanol–water partition coefficient (Wildman–Crippen LogP) is 2.04. The Bertz CT molecular complexity index is 374. The minimum absolute atomic E-state index is 0.144. The van der Waals surface area contributed by atoms with Crippen LogP contribution in [0, 0.1) is 18.2 Å². The second-order valence-electron chi connectivity index (χ2n) is 3.62. The Morgan fingerprint density at radius 3 is 2.71 bits per heavy atom. The van der Waals surface area contributed by atoms with Gasteiger partial charge in [-0.1, -0.05) is 24.1 Å². The Morgan fingerprint density at radius 2 is 2.14 bits per heavy atom. The maximum atomic E-state index is 13.5. The average molecular weight is 189 g/mol. The van der Waals surface area contributed by atoms with E-state index in [1.54, 1.807) is 6.07 Å². The zero-order valence-corrected chi connectivity index (χ0v) is 7.89. The number of hydrogen-bond donors (Lipinski definition) is 1. The highest BCUT2D eigenvalue weighted by Gasteiger charge is 2.45. The first-order valence-corrected chi connectivity index (χ1v) is 4.72. The molecular weight excluding hydrogens is 177 g/mol. The van der Waals surface area contributed by atoms with Gasteiger partial charge in [0.15, 0.2) is 0 Å². The molecule has 0 aromatic heterocycles. The van der Waals surface area contributed by atoms with E-state index in [1.165, 1.54) is 6.07 Å². The van der Waals surface area contributed by atoms with Crippen molar-refractivity contribution in [2.75, 3.05) is 6.54 Å².